The fourth-order valence-corrected chi connectivity index (χ4v) is 2.76. The van der Waals surface area contributed by atoms with Crippen molar-refractivity contribution in [3.05, 3.63) is 23.0 Å². The molecular formula is C12H13ClFN3O4. The van der Waals surface area contributed by atoms with Gasteiger partial charge in [0.15, 0.2) is 11.0 Å². The van der Waals surface area contributed by atoms with Crippen LogP contribution in [-0.2, 0) is 4.74 Å². The molecule has 2 aromatic rings. The van der Waals surface area contributed by atoms with E-state index in [1.807, 2.05) is 0 Å². The first-order chi connectivity index (χ1) is 9.87. The highest BCUT2D eigenvalue weighted by molar-refractivity contribution is 6.33. The summed E-state index contributed by atoms with van der Waals surface area (Å²) in [5, 5.41) is 29.4. The summed E-state index contributed by atoms with van der Waals surface area (Å²) in [5.74, 6) is -0.775. The van der Waals surface area contributed by atoms with Crippen LogP contribution in [0.5, 0.6) is 0 Å². The number of hydrogen-bond donors (Lipinski definition) is 4. The first-order valence-electron chi connectivity index (χ1n) is 6.22. The van der Waals surface area contributed by atoms with Crippen molar-refractivity contribution in [2.45, 2.75) is 30.8 Å². The van der Waals surface area contributed by atoms with E-state index in [1.54, 1.807) is 0 Å². The molecule has 1 fully saturated rings. The third-order valence-electron chi connectivity index (χ3n) is 3.72. The van der Waals surface area contributed by atoms with E-state index in [0.717, 1.165) is 0 Å². The number of H-pyrrole nitrogens is 1. The third-order valence-corrected chi connectivity index (χ3v) is 3.98. The van der Waals surface area contributed by atoms with Crippen LogP contribution in [0.4, 0.5) is 4.39 Å². The summed E-state index contributed by atoms with van der Waals surface area (Å²) in [4.78, 5) is 10.3. The van der Waals surface area contributed by atoms with Gasteiger partial charge in [0.1, 0.15) is 40.6 Å². The second-order valence-corrected chi connectivity index (χ2v) is 5.49. The van der Waals surface area contributed by atoms with Gasteiger partial charge in [-0.2, -0.15) is 0 Å². The van der Waals surface area contributed by atoms with E-state index >= 15 is 0 Å². The first-order valence-corrected chi connectivity index (χ1v) is 6.60. The van der Waals surface area contributed by atoms with Gasteiger partial charge in [0.05, 0.1) is 12.9 Å². The Hall–Kier alpha value is -1.32. The lowest BCUT2D eigenvalue weighted by molar-refractivity contribution is -0.0670. The van der Waals surface area contributed by atoms with Gasteiger partial charge in [0, 0.05) is 0 Å². The summed E-state index contributed by atoms with van der Waals surface area (Å²) in [6.45, 7) is 0.764. The molecule has 114 valence electrons. The average Bonchev–Trinajstić information content (AvgIpc) is 3.01. The number of ether oxygens (including phenoxy) is 1. The second kappa shape index (κ2) is 4.85. The lowest BCUT2D eigenvalue weighted by Crippen LogP contribution is -2.43. The molecular weight excluding hydrogens is 305 g/mol. The Balaban J connectivity index is 2.14. The maximum Gasteiger partial charge on any atom is 0.173 e. The van der Waals surface area contributed by atoms with Gasteiger partial charge < -0.3 is 25.0 Å². The minimum Gasteiger partial charge on any atom is -0.394 e. The number of halogens is 2. The standard InChI is InChI=1S/C12H13ClFN3O4/c1-12(20)9(19)4(2-18)21-10(12)7-5(14)6-8(11(13)17-7)16-3-15-6/h3-4,9-10,18-20H,2H2,1H3,(H,15,16)/t4-,9-,10+,12-/m1/s1. The Labute approximate surface area is 123 Å². The molecule has 3 rings (SSSR count). The highest BCUT2D eigenvalue weighted by Crippen LogP contribution is 2.42. The van der Waals surface area contributed by atoms with Gasteiger partial charge >= 0.3 is 0 Å². The normalized spacial score (nSPS) is 33.0. The molecule has 0 bridgehead atoms. The number of aromatic amines is 1. The number of pyridine rings is 1. The van der Waals surface area contributed by atoms with E-state index in [2.05, 4.69) is 15.0 Å². The number of hydrogen-bond acceptors (Lipinski definition) is 6. The SMILES string of the molecule is C[C@@]1(O)[C@H](O)[C@@H](CO)O[C@H]1c1nc(Cl)c2nc[nH]c2c1F. The lowest BCUT2D eigenvalue weighted by Gasteiger charge is -2.26. The molecule has 1 saturated heterocycles. The summed E-state index contributed by atoms with van der Waals surface area (Å²) in [6, 6.07) is 0. The number of fused-ring (bicyclic) bond motifs is 1. The molecule has 7 nitrogen and oxygen atoms in total. The molecule has 21 heavy (non-hydrogen) atoms. The smallest absolute Gasteiger partial charge is 0.173 e. The average molecular weight is 318 g/mol. The summed E-state index contributed by atoms with van der Waals surface area (Å²) in [7, 11) is 0. The van der Waals surface area contributed by atoms with E-state index < -0.39 is 36.3 Å². The van der Waals surface area contributed by atoms with Crippen molar-refractivity contribution in [3.8, 4) is 0 Å². The van der Waals surface area contributed by atoms with Crippen molar-refractivity contribution in [1.82, 2.24) is 15.0 Å². The monoisotopic (exact) mass is 317 g/mol. The molecule has 3 heterocycles. The number of aliphatic hydroxyl groups is 3. The van der Waals surface area contributed by atoms with E-state index in [9.17, 15) is 14.6 Å². The molecule has 1 aliphatic rings. The minimum atomic E-state index is -1.82. The topological polar surface area (TPSA) is 111 Å². The molecule has 0 amide bonds. The molecule has 2 aromatic heterocycles. The van der Waals surface area contributed by atoms with Gasteiger partial charge in [-0.25, -0.2) is 14.4 Å². The van der Waals surface area contributed by atoms with Crippen molar-refractivity contribution < 1.29 is 24.4 Å². The van der Waals surface area contributed by atoms with Crippen LogP contribution in [-0.4, -0.2) is 54.7 Å². The number of nitrogens with one attached hydrogen (secondary N) is 1. The molecule has 4 atom stereocenters. The summed E-state index contributed by atoms with van der Waals surface area (Å²) in [6.07, 6.45) is -2.42. The predicted molar refractivity (Wildman–Crippen MR) is 70.2 cm³/mol. The maximum absolute atomic E-state index is 14.5. The Morgan fingerprint density at radius 2 is 2.29 bits per heavy atom. The number of imidazole rings is 1. The highest BCUT2D eigenvalue weighted by atomic mass is 35.5. The molecule has 0 unspecified atom stereocenters. The summed E-state index contributed by atoms with van der Waals surface area (Å²) >= 11 is 5.94. The van der Waals surface area contributed by atoms with Crippen molar-refractivity contribution in [2.24, 2.45) is 0 Å². The predicted octanol–water partition coefficient (Wildman–Crippen LogP) is 0.294. The van der Waals surface area contributed by atoms with Crippen molar-refractivity contribution in [1.29, 1.82) is 0 Å². The van der Waals surface area contributed by atoms with Crippen LogP contribution in [0.25, 0.3) is 11.0 Å². The summed E-state index contributed by atoms with van der Waals surface area (Å²) in [5.41, 5.74) is -1.88. The van der Waals surface area contributed by atoms with Gasteiger partial charge in [-0.3, -0.25) is 0 Å². The highest BCUT2D eigenvalue weighted by Gasteiger charge is 2.54. The largest absolute Gasteiger partial charge is 0.394 e. The molecule has 4 N–H and O–H groups in total. The number of aliphatic hydroxyl groups excluding tert-OH is 2. The van der Waals surface area contributed by atoms with Crippen molar-refractivity contribution >= 4 is 22.6 Å². The van der Waals surface area contributed by atoms with Crippen LogP contribution in [0.3, 0.4) is 0 Å². The second-order valence-electron chi connectivity index (χ2n) is 5.14. The van der Waals surface area contributed by atoms with E-state index in [4.69, 9.17) is 21.4 Å². The fraction of sp³-hybridized carbons (Fsp3) is 0.500. The Morgan fingerprint density at radius 3 is 2.90 bits per heavy atom. The first kappa shape index (κ1) is 14.6. The number of nitrogens with zero attached hydrogens (tertiary/aromatic N) is 2. The molecule has 0 aromatic carbocycles. The Kier molecular flexibility index (Phi) is 3.38. The molecule has 0 aliphatic carbocycles. The van der Waals surface area contributed by atoms with Crippen molar-refractivity contribution in [2.75, 3.05) is 6.61 Å². The molecule has 0 radical (unpaired) electrons. The maximum atomic E-state index is 14.5. The zero-order chi connectivity index (χ0) is 15.4. The van der Waals surface area contributed by atoms with Gasteiger partial charge in [-0.15, -0.1) is 0 Å². The van der Waals surface area contributed by atoms with Crippen LogP contribution in [0.1, 0.15) is 18.7 Å². The van der Waals surface area contributed by atoms with E-state index in [-0.39, 0.29) is 21.9 Å². The van der Waals surface area contributed by atoms with Crippen LogP contribution < -0.4 is 0 Å². The van der Waals surface area contributed by atoms with Crippen LogP contribution in [0.2, 0.25) is 5.15 Å². The van der Waals surface area contributed by atoms with Gasteiger partial charge in [-0.05, 0) is 6.92 Å². The third kappa shape index (κ3) is 2.02. The molecule has 9 heteroatoms. The van der Waals surface area contributed by atoms with Crippen molar-refractivity contribution in [3.63, 3.8) is 0 Å². The van der Waals surface area contributed by atoms with Gasteiger partial charge in [-0.1, -0.05) is 11.6 Å². The quantitative estimate of drug-likeness (QED) is 0.593. The van der Waals surface area contributed by atoms with Crippen LogP contribution >= 0.6 is 11.6 Å². The van der Waals surface area contributed by atoms with Gasteiger partial charge in [0.2, 0.25) is 0 Å². The van der Waals surface area contributed by atoms with Crippen LogP contribution in [0.15, 0.2) is 6.33 Å². The van der Waals surface area contributed by atoms with E-state index in [1.165, 1.54) is 13.3 Å². The Bertz CT molecular complexity index is 692. The minimum absolute atomic E-state index is 0.0336. The van der Waals surface area contributed by atoms with Crippen LogP contribution in [0, 0.1) is 5.82 Å². The zero-order valence-corrected chi connectivity index (χ0v) is 11.7. The summed E-state index contributed by atoms with van der Waals surface area (Å²) < 4.78 is 19.8. The number of aromatic nitrogens is 3. The lowest BCUT2D eigenvalue weighted by atomic mass is 9.90. The zero-order valence-electron chi connectivity index (χ0n) is 10.9. The molecule has 0 spiro atoms. The fourth-order valence-electron chi connectivity index (χ4n) is 2.53. The molecule has 1 aliphatic heterocycles. The molecule has 0 saturated carbocycles. The van der Waals surface area contributed by atoms with E-state index in [0.29, 0.717) is 0 Å². The Morgan fingerprint density at radius 1 is 1.57 bits per heavy atom. The van der Waals surface area contributed by atoms with Gasteiger partial charge in [0.25, 0.3) is 0 Å². The number of rotatable bonds is 2.